The number of aliphatic imine (C=N–C) groups is 1. The number of anilines is 1. The van der Waals surface area contributed by atoms with Crippen molar-refractivity contribution in [2.75, 3.05) is 5.32 Å². The summed E-state index contributed by atoms with van der Waals surface area (Å²) in [7, 11) is 0. The Balaban J connectivity index is 1.95. The van der Waals surface area contributed by atoms with Gasteiger partial charge in [0.05, 0.1) is 22.5 Å². The number of hydrogen-bond acceptors (Lipinski definition) is 2. The van der Waals surface area contributed by atoms with Crippen molar-refractivity contribution in [3.05, 3.63) is 88.0 Å². The predicted molar refractivity (Wildman–Crippen MR) is 98.5 cm³/mol. The highest BCUT2D eigenvalue weighted by molar-refractivity contribution is 6.30. The van der Waals surface area contributed by atoms with E-state index in [0.29, 0.717) is 5.71 Å². The zero-order chi connectivity index (χ0) is 17.4. The molecular formula is C19H14ClFN4. The monoisotopic (exact) mass is 352 g/mol. The smallest absolute Gasteiger partial charge is 0.142 e. The molecular weight excluding hydrogens is 339 g/mol. The first-order valence-corrected chi connectivity index (χ1v) is 8.12. The molecule has 4 rings (SSSR count). The lowest BCUT2D eigenvalue weighted by Crippen LogP contribution is -2.12. The molecule has 4 nitrogen and oxygen atoms in total. The van der Waals surface area contributed by atoms with Gasteiger partial charge < -0.3 is 10.3 Å². The Morgan fingerprint density at radius 2 is 2.00 bits per heavy atom. The van der Waals surface area contributed by atoms with Gasteiger partial charge in [-0.15, -0.1) is 0 Å². The third-order valence-corrected chi connectivity index (χ3v) is 4.59. The topological polar surface area (TPSA) is 64.0 Å². The van der Waals surface area contributed by atoms with Gasteiger partial charge in [0.2, 0.25) is 0 Å². The average molecular weight is 353 g/mol. The Morgan fingerprint density at radius 3 is 2.80 bits per heavy atom. The number of H-pyrrole nitrogens is 1. The number of para-hydroxylation sites is 1. The van der Waals surface area contributed by atoms with Gasteiger partial charge in [-0.25, -0.2) is 9.38 Å². The molecule has 3 N–H and O–H groups in total. The second-order valence-electron chi connectivity index (χ2n) is 5.71. The van der Waals surface area contributed by atoms with Gasteiger partial charge in [0, 0.05) is 23.0 Å². The molecule has 124 valence electrons. The van der Waals surface area contributed by atoms with Crippen molar-refractivity contribution in [1.82, 2.24) is 4.98 Å². The standard InChI is InChI=1S/C19H14ClFN4/c20-14-6-5-11(9-15(14)21)17-13-7-8-23-19(13)18(24-10-22)12-3-1-2-4-16(12)25-17/h1-10,17,22-23,25H. The first-order valence-electron chi connectivity index (χ1n) is 7.74. The molecule has 1 atom stereocenters. The van der Waals surface area contributed by atoms with E-state index in [9.17, 15) is 4.39 Å². The Kier molecular flexibility index (Phi) is 3.86. The molecule has 2 heterocycles. The number of rotatable bonds is 2. The number of aromatic nitrogens is 1. The average Bonchev–Trinajstić information content (AvgIpc) is 3.05. The van der Waals surface area contributed by atoms with Gasteiger partial charge in [-0.05, 0) is 29.8 Å². The van der Waals surface area contributed by atoms with Crippen LogP contribution in [0.25, 0.3) is 0 Å². The molecule has 0 fully saturated rings. The van der Waals surface area contributed by atoms with Gasteiger partial charge in [-0.3, -0.25) is 5.41 Å². The highest BCUT2D eigenvalue weighted by Crippen LogP contribution is 2.36. The number of nitrogens with zero attached hydrogens (tertiary/aromatic N) is 1. The molecule has 1 aromatic heterocycles. The van der Waals surface area contributed by atoms with Crippen molar-refractivity contribution in [1.29, 1.82) is 5.41 Å². The maximum atomic E-state index is 14.0. The van der Waals surface area contributed by atoms with Crippen LogP contribution in [0.3, 0.4) is 0 Å². The van der Waals surface area contributed by atoms with E-state index in [0.717, 1.165) is 34.4 Å². The summed E-state index contributed by atoms with van der Waals surface area (Å²) >= 11 is 5.83. The van der Waals surface area contributed by atoms with E-state index < -0.39 is 5.82 Å². The molecule has 0 amide bonds. The molecule has 0 saturated carbocycles. The molecule has 2 aromatic carbocycles. The number of hydrogen-bond donors (Lipinski definition) is 3. The zero-order valence-corrected chi connectivity index (χ0v) is 13.8. The molecule has 0 saturated heterocycles. The summed E-state index contributed by atoms with van der Waals surface area (Å²) in [5.74, 6) is -0.455. The Morgan fingerprint density at radius 1 is 1.16 bits per heavy atom. The fourth-order valence-corrected chi connectivity index (χ4v) is 3.28. The highest BCUT2D eigenvalue weighted by Gasteiger charge is 2.27. The highest BCUT2D eigenvalue weighted by atomic mass is 35.5. The minimum atomic E-state index is -0.455. The van der Waals surface area contributed by atoms with Crippen LogP contribution >= 0.6 is 11.6 Å². The molecule has 6 heteroatoms. The van der Waals surface area contributed by atoms with Crippen molar-refractivity contribution in [3.63, 3.8) is 0 Å². The van der Waals surface area contributed by atoms with E-state index in [1.165, 1.54) is 6.07 Å². The summed E-state index contributed by atoms with van der Waals surface area (Å²) in [6.45, 7) is 0. The molecule has 1 aliphatic heterocycles. The number of aromatic amines is 1. The zero-order valence-electron chi connectivity index (χ0n) is 13.1. The molecule has 1 aliphatic rings. The van der Waals surface area contributed by atoms with Crippen LogP contribution in [0.5, 0.6) is 0 Å². The van der Waals surface area contributed by atoms with Crippen LogP contribution in [0, 0.1) is 11.2 Å². The third-order valence-electron chi connectivity index (χ3n) is 4.28. The quantitative estimate of drug-likeness (QED) is 0.451. The minimum Gasteiger partial charge on any atom is -0.374 e. The number of nitrogens with one attached hydrogen (secondary N) is 3. The molecule has 0 bridgehead atoms. The Bertz CT molecular complexity index is 993. The fourth-order valence-electron chi connectivity index (χ4n) is 3.16. The van der Waals surface area contributed by atoms with Gasteiger partial charge in [-0.1, -0.05) is 35.9 Å². The van der Waals surface area contributed by atoms with Crippen molar-refractivity contribution in [3.8, 4) is 0 Å². The summed E-state index contributed by atoms with van der Waals surface area (Å²) in [5, 5.41) is 11.0. The Labute approximate surface area is 148 Å². The van der Waals surface area contributed by atoms with Gasteiger partial charge in [0.1, 0.15) is 12.2 Å². The lowest BCUT2D eigenvalue weighted by atomic mass is 9.97. The summed E-state index contributed by atoms with van der Waals surface area (Å²) < 4.78 is 14.0. The molecule has 3 aromatic rings. The van der Waals surface area contributed by atoms with Crippen LogP contribution in [0.1, 0.15) is 28.4 Å². The van der Waals surface area contributed by atoms with Crippen molar-refractivity contribution in [2.24, 2.45) is 4.99 Å². The lowest BCUT2D eigenvalue weighted by Gasteiger charge is -2.19. The second-order valence-corrected chi connectivity index (χ2v) is 6.12. The van der Waals surface area contributed by atoms with Gasteiger partial charge >= 0.3 is 0 Å². The van der Waals surface area contributed by atoms with Gasteiger partial charge in [0.25, 0.3) is 0 Å². The maximum Gasteiger partial charge on any atom is 0.142 e. The summed E-state index contributed by atoms with van der Waals surface area (Å²) in [5.41, 5.74) is 4.92. The van der Waals surface area contributed by atoms with E-state index in [4.69, 9.17) is 17.0 Å². The summed E-state index contributed by atoms with van der Waals surface area (Å²) in [4.78, 5) is 7.46. The number of benzene rings is 2. The van der Waals surface area contributed by atoms with Gasteiger partial charge in [0.15, 0.2) is 0 Å². The molecule has 1 unspecified atom stereocenters. The maximum absolute atomic E-state index is 14.0. The first kappa shape index (κ1) is 15.6. The molecule has 25 heavy (non-hydrogen) atoms. The summed E-state index contributed by atoms with van der Waals surface area (Å²) in [6, 6.07) is 14.2. The minimum absolute atomic E-state index is 0.0955. The van der Waals surface area contributed by atoms with Crippen LogP contribution in [-0.4, -0.2) is 17.0 Å². The molecule has 0 spiro atoms. The Hall–Kier alpha value is -2.92. The molecule has 0 aliphatic carbocycles. The van der Waals surface area contributed by atoms with Crippen LogP contribution in [-0.2, 0) is 0 Å². The number of fused-ring (bicyclic) bond motifs is 2. The van der Waals surface area contributed by atoms with E-state index in [1.54, 1.807) is 12.1 Å². The van der Waals surface area contributed by atoms with Crippen LogP contribution in [0.2, 0.25) is 5.02 Å². The summed E-state index contributed by atoms with van der Waals surface area (Å²) in [6.07, 6.45) is 2.85. The van der Waals surface area contributed by atoms with E-state index in [1.807, 2.05) is 36.5 Å². The predicted octanol–water partition coefficient (Wildman–Crippen LogP) is 4.77. The largest absolute Gasteiger partial charge is 0.374 e. The molecule has 0 radical (unpaired) electrons. The van der Waals surface area contributed by atoms with Crippen LogP contribution in [0.4, 0.5) is 10.1 Å². The fraction of sp³-hybridized carbons (Fsp3) is 0.0526. The number of halogens is 2. The van der Waals surface area contributed by atoms with E-state index in [2.05, 4.69) is 15.3 Å². The van der Waals surface area contributed by atoms with Crippen molar-refractivity contribution in [2.45, 2.75) is 6.04 Å². The van der Waals surface area contributed by atoms with E-state index >= 15 is 0 Å². The van der Waals surface area contributed by atoms with Crippen molar-refractivity contribution < 1.29 is 4.39 Å². The van der Waals surface area contributed by atoms with Crippen molar-refractivity contribution >= 4 is 29.3 Å². The third kappa shape index (κ3) is 2.62. The SMILES string of the molecule is N=CN=C1c2ccccc2NC(c2ccc(Cl)c(F)c2)c2cc[nH]c21. The normalized spacial score (nSPS) is 17.4. The second kappa shape index (κ2) is 6.18. The lowest BCUT2D eigenvalue weighted by molar-refractivity contribution is 0.625. The first-order chi connectivity index (χ1) is 12.2. The van der Waals surface area contributed by atoms with Crippen LogP contribution in [0.15, 0.2) is 59.7 Å². The van der Waals surface area contributed by atoms with Crippen LogP contribution < -0.4 is 5.32 Å². The van der Waals surface area contributed by atoms with Gasteiger partial charge in [-0.2, -0.15) is 0 Å². The van der Waals surface area contributed by atoms with E-state index in [-0.39, 0.29) is 11.1 Å².